The molecule has 0 saturated heterocycles. The van der Waals surface area contributed by atoms with Gasteiger partial charge in [0.05, 0.1) is 12.1 Å². The topological polar surface area (TPSA) is 82.3 Å². The second kappa shape index (κ2) is 7.79. The lowest BCUT2D eigenvalue weighted by atomic mass is 9.90. The van der Waals surface area contributed by atoms with Crippen LogP contribution >= 0.6 is 0 Å². The molecule has 104 valence electrons. The van der Waals surface area contributed by atoms with Gasteiger partial charge in [0.1, 0.15) is 0 Å². The van der Waals surface area contributed by atoms with Crippen molar-refractivity contribution in [2.75, 3.05) is 13.1 Å². The van der Waals surface area contributed by atoms with E-state index in [4.69, 9.17) is 0 Å². The Balaban J connectivity index is 2.46. The highest BCUT2D eigenvalue weighted by Crippen LogP contribution is 2.18. The molecule has 18 heavy (non-hydrogen) atoms. The molecule has 0 aromatic carbocycles. The summed E-state index contributed by atoms with van der Waals surface area (Å²) >= 11 is 0. The molecule has 0 heterocycles. The van der Waals surface area contributed by atoms with Gasteiger partial charge < -0.3 is 21.3 Å². The maximum atomic E-state index is 11.5. The van der Waals surface area contributed by atoms with E-state index in [1.165, 1.54) is 0 Å². The number of nitrogens with one attached hydrogen (secondary N) is 4. The van der Waals surface area contributed by atoms with E-state index in [9.17, 15) is 9.59 Å². The molecule has 6 heteroatoms. The van der Waals surface area contributed by atoms with E-state index in [1.807, 2.05) is 13.8 Å². The van der Waals surface area contributed by atoms with Gasteiger partial charge >= 0.3 is 12.1 Å². The van der Waals surface area contributed by atoms with Crippen LogP contribution in [0.2, 0.25) is 0 Å². The highest BCUT2D eigenvalue weighted by atomic mass is 16.2. The molecular formula is C12H24N4O2. The number of carbonyl (C=O) groups excluding carboxylic acids is 2. The summed E-state index contributed by atoms with van der Waals surface area (Å²) in [7, 11) is 0. The summed E-state index contributed by atoms with van der Waals surface area (Å²) in [6.45, 7) is 4.97. The van der Waals surface area contributed by atoms with Crippen LogP contribution in [0.25, 0.3) is 0 Å². The van der Waals surface area contributed by atoms with Crippen molar-refractivity contribution >= 4 is 12.1 Å². The molecule has 1 rings (SSSR count). The molecule has 0 spiro atoms. The van der Waals surface area contributed by atoms with Gasteiger partial charge in [0, 0.05) is 13.1 Å². The van der Waals surface area contributed by atoms with E-state index in [0.717, 1.165) is 25.7 Å². The molecule has 1 fully saturated rings. The van der Waals surface area contributed by atoms with Crippen LogP contribution in [-0.4, -0.2) is 37.2 Å². The van der Waals surface area contributed by atoms with Crippen molar-refractivity contribution in [3.63, 3.8) is 0 Å². The largest absolute Gasteiger partial charge is 0.338 e. The molecule has 0 aromatic heterocycles. The molecular weight excluding hydrogens is 232 g/mol. The Labute approximate surface area is 108 Å². The molecule has 2 atom stereocenters. The number of hydrogen-bond donors (Lipinski definition) is 4. The predicted molar refractivity (Wildman–Crippen MR) is 70.5 cm³/mol. The Kier molecular flexibility index (Phi) is 6.32. The molecule has 4 N–H and O–H groups in total. The third kappa shape index (κ3) is 4.81. The molecule has 1 aliphatic carbocycles. The molecule has 1 aliphatic rings. The number of rotatable bonds is 4. The number of carbonyl (C=O) groups is 2. The van der Waals surface area contributed by atoms with Gasteiger partial charge in [-0.3, -0.25) is 0 Å². The second-order valence-corrected chi connectivity index (χ2v) is 4.51. The molecule has 6 nitrogen and oxygen atoms in total. The van der Waals surface area contributed by atoms with Crippen LogP contribution in [0.5, 0.6) is 0 Å². The van der Waals surface area contributed by atoms with Crippen molar-refractivity contribution in [2.45, 2.75) is 51.6 Å². The van der Waals surface area contributed by atoms with Gasteiger partial charge in [-0.05, 0) is 26.7 Å². The first-order valence-corrected chi connectivity index (χ1v) is 6.76. The average Bonchev–Trinajstić information content (AvgIpc) is 2.32. The number of amides is 4. The first kappa shape index (κ1) is 14.6. The second-order valence-electron chi connectivity index (χ2n) is 4.51. The van der Waals surface area contributed by atoms with Gasteiger partial charge in [0.25, 0.3) is 0 Å². The Morgan fingerprint density at radius 2 is 1.28 bits per heavy atom. The summed E-state index contributed by atoms with van der Waals surface area (Å²) in [6.07, 6.45) is 4.00. The lowest BCUT2D eigenvalue weighted by molar-refractivity contribution is 0.214. The summed E-state index contributed by atoms with van der Waals surface area (Å²) in [4.78, 5) is 23.0. The van der Waals surface area contributed by atoms with Gasteiger partial charge in [-0.15, -0.1) is 0 Å². The molecule has 4 amide bonds. The molecule has 0 radical (unpaired) electrons. The van der Waals surface area contributed by atoms with Crippen LogP contribution in [-0.2, 0) is 0 Å². The summed E-state index contributed by atoms with van der Waals surface area (Å²) in [5, 5.41) is 11.3. The Morgan fingerprint density at radius 1 is 0.889 bits per heavy atom. The molecule has 0 bridgehead atoms. The first-order valence-electron chi connectivity index (χ1n) is 6.76. The van der Waals surface area contributed by atoms with Crippen molar-refractivity contribution in [1.29, 1.82) is 0 Å². The zero-order valence-electron chi connectivity index (χ0n) is 11.2. The van der Waals surface area contributed by atoms with E-state index in [1.54, 1.807) is 0 Å². The van der Waals surface area contributed by atoms with Crippen LogP contribution in [0.15, 0.2) is 0 Å². The van der Waals surface area contributed by atoms with Crippen molar-refractivity contribution in [2.24, 2.45) is 0 Å². The Morgan fingerprint density at radius 3 is 1.61 bits per heavy atom. The highest BCUT2D eigenvalue weighted by molar-refractivity contribution is 5.75. The zero-order chi connectivity index (χ0) is 13.4. The third-order valence-corrected chi connectivity index (χ3v) is 3.07. The standard InChI is InChI=1S/C12H24N4O2/c1-3-13-11(17)15-9-7-5-6-8-10(9)16-12(18)14-4-2/h9-10H,3-8H2,1-2H3,(H2,13,15,17)(H2,14,16,18)/t9-,10-/m1/s1. The molecule has 0 aromatic rings. The Hall–Kier alpha value is -1.46. The molecule has 1 saturated carbocycles. The average molecular weight is 256 g/mol. The van der Waals surface area contributed by atoms with Gasteiger partial charge in [-0.2, -0.15) is 0 Å². The van der Waals surface area contributed by atoms with Crippen LogP contribution in [0, 0.1) is 0 Å². The van der Waals surface area contributed by atoms with Gasteiger partial charge in [-0.25, -0.2) is 9.59 Å². The van der Waals surface area contributed by atoms with Crippen LogP contribution in [0.3, 0.4) is 0 Å². The summed E-state index contributed by atoms with van der Waals surface area (Å²) in [5.41, 5.74) is 0. The van der Waals surface area contributed by atoms with E-state index in [0.29, 0.717) is 13.1 Å². The fourth-order valence-electron chi connectivity index (χ4n) is 2.24. The highest BCUT2D eigenvalue weighted by Gasteiger charge is 2.27. The summed E-state index contributed by atoms with van der Waals surface area (Å²) < 4.78 is 0. The van der Waals surface area contributed by atoms with E-state index < -0.39 is 0 Å². The van der Waals surface area contributed by atoms with Crippen LogP contribution in [0.1, 0.15) is 39.5 Å². The van der Waals surface area contributed by atoms with E-state index in [2.05, 4.69) is 21.3 Å². The number of hydrogen-bond acceptors (Lipinski definition) is 2. The third-order valence-electron chi connectivity index (χ3n) is 3.07. The minimum atomic E-state index is -0.160. The fraction of sp³-hybridized carbons (Fsp3) is 0.833. The quantitative estimate of drug-likeness (QED) is 0.603. The van der Waals surface area contributed by atoms with Crippen molar-refractivity contribution < 1.29 is 9.59 Å². The smallest absolute Gasteiger partial charge is 0.315 e. The van der Waals surface area contributed by atoms with Crippen molar-refractivity contribution in [1.82, 2.24) is 21.3 Å². The summed E-state index contributed by atoms with van der Waals surface area (Å²) in [6, 6.07) is -0.278. The monoisotopic (exact) mass is 256 g/mol. The lowest BCUT2D eigenvalue weighted by Crippen LogP contribution is -2.56. The van der Waals surface area contributed by atoms with Gasteiger partial charge in [0.15, 0.2) is 0 Å². The van der Waals surface area contributed by atoms with E-state index in [-0.39, 0.29) is 24.1 Å². The number of urea groups is 2. The van der Waals surface area contributed by atoms with Gasteiger partial charge in [0.2, 0.25) is 0 Å². The predicted octanol–water partition coefficient (Wildman–Crippen LogP) is 0.936. The van der Waals surface area contributed by atoms with Gasteiger partial charge in [-0.1, -0.05) is 12.8 Å². The zero-order valence-corrected chi connectivity index (χ0v) is 11.2. The SMILES string of the molecule is CCNC(=O)N[C@@H]1CCCC[C@H]1NC(=O)NCC. The minimum Gasteiger partial charge on any atom is -0.338 e. The first-order chi connectivity index (χ1) is 8.67. The summed E-state index contributed by atoms with van der Waals surface area (Å²) in [5.74, 6) is 0. The van der Waals surface area contributed by atoms with Crippen LogP contribution < -0.4 is 21.3 Å². The maximum Gasteiger partial charge on any atom is 0.315 e. The fourth-order valence-corrected chi connectivity index (χ4v) is 2.24. The maximum absolute atomic E-state index is 11.5. The van der Waals surface area contributed by atoms with Crippen LogP contribution in [0.4, 0.5) is 9.59 Å². The van der Waals surface area contributed by atoms with Crippen molar-refractivity contribution in [3.05, 3.63) is 0 Å². The normalized spacial score (nSPS) is 23.0. The molecule has 0 unspecified atom stereocenters. The minimum absolute atomic E-state index is 0.0212. The lowest BCUT2D eigenvalue weighted by Gasteiger charge is -2.32. The van der Waals surface area contributed by atoms with E-state index >= 15 is 0 Å². The molecule has 0 aliphatic heterocycles. The van der Waals surface area contributed by atoms with Crippen molar-refractivity contribution in [3.8, 4) is 0 Å². The Bertz CT molecular complexity index is 255.